The molecule has 2 fully saturated rings. The van der Waals surface area contributed by atoms with Crippen LogP contribution in [0.25, 0.3) is 0 Å². The normalized spacial score (nSPS) is 37.1. The first kappa shape index (κ1) is 10.0. The van der Waals surface area contributed by atoms with Crippen molar-refractivity contribution in [2.75, 3.05) is 0 Å². The molecule has 3 atom stereocenters. The van der Waals surface area contributed by atoms with E-state index in [0.717, 1.165) is 30.0 Å². The number of nitrogens with two attached hydrogens (primary N) is 1. The topological polar surface area (TPSA) is 38.4 Å². The third-order valence-electron chi connectivity index (χ3n) is 3.78. The van der Waals surface area contributed by atoms with Crippen LogP contribution in [0.3, 0.4) is 0 Å². The summed E-state index contributed by atoms with van der Waals surface area (Å²) >= 11 is 0. The molecule has 0 radical (unpaired) electrons. The first-order chi connectivity index (χ1) is 6.65. The minimum absolute atomic E-state index is 0.355. The summed E-state index contributed by atoms with van der Waals surface area (Å²) in [7, 11) is 0. The average Bonchev–Trinajstić information content (AvgIpc) is 2.62. The zero-order valence-corrected chi connectivity index (χ0v) is 9.37. The van der Waals surface area contributed by atoms with E-state index < -0.39 is 0 Å². The summed E-state index contributed by atoms with van der Waals surface area (Å²) in [5, 5.41) is 0. The number of nitrogens with zero attached hydrogens (tertiary/aromatic N) is 1. The molecule has 3 unspecified atom stereocenters. The first-order valence-corrected chi connectivity index (χ1v) is 5.97. The van der Waals surface area contributed by atoms with Gasteiger partial charge in [0.2, 0.25) is 0 Å². The zero-order valence-electron chi connectivity index (χ0n) is 9.37. The van der Waals surface area contributed by atoms with Gasteiger partial charge >= 0.3 is 0 Å². The van der Waals surface area contributed by atoms with Gasteiger partial charge in [-0.2, -0.15) is 0 Å². The van der Waals surface area contributed by atoms with Crippen LogP contribution in [0, 0.1) is 17.8 Å². The van der Waals surface area contributed by atoms with E-state index in [4.69, 9.17) is 5.73 Å². The van der Waals surface area contributed by atoms with Crippen LogP contribution in [0.5, 0.6) is 0 Å². The van der Waals surface area contributed by atoms with Gasteiger partial charge in [-0.05, 0) is 50.9 Å². The Hall–Kier alpha value is -0.530. The van der Waals surface area contributed by atoms with E-state index >= 15 is 0 Å². The van der Waals surface area contributed by atoms with Crippen LogP contribution < -0.4 is 5.73 Å². The number of aliphatic imine (C=N–C) groups is 1. The van der Waals surface area contributed by atoms with Crippen LogP contribution in [-0.2, 0) is 0 Å². The SMILES string of the molecule is CC(C)N=C(N)CC1CC2CCC1C2. The lowest BCUT2D eigenvalue weighted by Crippen LogP contribution is -2.22. The molecule has 0 aliphatic heterocycles. The highest BCUT2D eigenvalue weighted by molar-refractivity contribution is 5.80. The fourth-order valence-electron chi connectivity index (χ4n) is 3.28. The molecule has 0 heterocycles. The lowest BCUT2D eigenvalue weighted by molar-refractivity contribution is 0.342. The third-order valence-corrected chi connectivity index (χ3v) is 3.78. The highest BCUT2D eigenvalue weighted by Gasteiger charge is 2.39. The molecular formula is C12H22N2. The minimum atomic E-state index is 0.355. The second-order valence-electron chi connectivity index (χ2n) is 5.35. The monoisotopic (exact) mass is 194 g/mol. The number of hydrogen-bond donors (Lipinski definition) is 1. The molecule has 0 saturated heterocycles. The maximum Gasteiger partial charge on any atom is 0.0943 e. The molecule has 2 heteroatoms. The van der Waals surface area contributed by atoms with Crippen molar-refractivity contribution in [3.63, 3.8) is 0 Å². The lowest BCUT2D eigenvalue weighted by Gasteiger charge is -2.21. The van der Waals surface area contributed by atoms with E-state index in [1.165, 1.54) is 25.7 Å². The molecule has 2 N–H and O–H groups in total. The van der Waals surface area contributed by atoms with Crippen LogP contribution in [0.1, 0.15) is 46.0 Å². The molecule has 0 spiro atoms. The van der Waals surface area contributed by atoms with Crippen LogP contribution in [0.2, 0.25) is 0 Å². The Balaban J connectivity index is 1.86. The molecule has 2 rings (SSSR count). The Labute approximate surface area is 87.0 Å². The average molecular weight is 194 g/mol. The summed E-state index contributed by atoms with van der Waals surface area (Å²) in [5.41, 5.74) is 5.94. The Morgan fingerprint density at radius 2 is 2.14 bits per heavy atom. The maximum absolute atomic E-state index is 5.94. The summed E-state index contributed by atoms with van der Waals surface area (Å²) in [6.07, 6.45) is 6.87. The molecule has 14 heavy (non-hydrogen) atoms. The molecule has 2 saturated carbocycles. The Kier molecular flexibility index (Phi) is 2.80. The van der Waals surface area contributed by atoms with Gasteiger partial charge in [-0.15, -0.1) is 0 Å². The summed E-state index contributed by atoms with van der Waals surface area (Å²) in [6.45, 7) is 4.18. The summed E-state index contributed by atoms with van der Waals surface area (Å²) in [4.78, 5) is 4.42. The van der Waals surface area contributed by atoms with Crippen LogP contribution in [0.15, 0.2) is 4.99 Å². The fourth-order valence-corrected chi connectivity index (χ4v) is 3.28. The molecule has 2 aliphatic carbocycles. The van der Waals surface area contributed by atoms with Crippen molar-refractivity contribution in [1.82, 2.24) is 0 Å². The standard InChI is InChI=1S/C12H22N2/c1-8(2)14-12(13)7-11-6-9-3-4-10(11)5-9/h8-11H,3-7H2,1-2H3,(H2,13,14). The Bertz CT molecular complexity index is 232. The number of fused-ring (bicyclic) bond motifs is 2. The Morgan fingerprint density at radius 3 is 2.64 bits per heavy atom. The predicted molar refractivity (Wildman–Crippen MR) is 60.3 cm³/mol. The molecule has 2 bridgehead atoms. The fraction of sp³-hybridized carbons (Fsp3) is 0.917. The molecule has 0 aromatic carbocycles. The molecular weight excluding hydrogens is 172 g/mol. The number of rotatable bonds is 3. The van der Waals surface area contributed by atoms with E-state index in [0.29, 0.717) is 6.04 Å². The molecule has 0 aromatic rings. The van der Waals surface area contributed by atoms with Crippen molar-refractivity contribution in [1.29, 1.82) is 0 Å². The lowest BCUT2D eigenvalue weighted by atomic mass is 9.86. The van der Waals surface area contributed by atoms with Gasteiger partial charge in [0.1, 0.15) is 0 Å². The largest absolute Gasteiger partial charge is 0.387 e. The van der Waals surface area contributed by atoms with Crippen molar-refractivity contribution in [2.24, 2.45) is 28.5 Å². The van der Waals surface area contributed by atoms with E-state index in [2.05, 4.69) is 18.8 Å². The van der Waals surface area contributed by atoms with Crippen molar-refractivity contribution in [2.45, 2.75) is 52.0 Å². The van der Waals surface area contributed by atoms with Crippen molar-refractivity contribution < 1.29 is 0 Å². The van der Waals surface area contributed by atoms with Gasteiger partial charge in [0.15, 0.2) is 0 Å². The van der Waals surface area contributed by atoms with Crippen molar-refractivity contribution in [3.05, 3.63) is 0 Å². The van der Waals surface area contributed by atoms with Crippen LogP contribution in [0.4, 0.5) is 0 Å². The van der Waals surface area contributed by atoms with Crippen LogP contribution >= 0.6 is 0 Å². The summed E-state index contributed by atoms with van der Waals surface area (Å²) < 4.78 is 0. The summed E-state index contributed by atoms with van der Waals surface area (Å²) in [5.74, 6) is 3.74. The molecule has 2 aliphatic rings. The third kappa shape index (κ3) is 2.10. The van der Waals surface area contributed by atoms with Crippen LogP contribution in [-0.4, -0.2) is 11.9 Å². The van der Waals surface area contributed by atoms with E-state index in [9.17, 15) is 0 Å². The van der Waals surface area contributed by atoms with E-state index in [-0.39, 0.29) is 0 Å². The van der Waals surface area contributed by atoms with Gasteiger partial charge in [0.25, 0.3) is 0 Å². The number of hydrogen-bond acceptors (Lipinski definition) is 1. The van der Waals surface area contributed by atoms with Crippen molar-refractivity contribution >= 4 is 5.84 Å². The van der Waals surface area contributed by atoms with Gasteiger partial charge in [-0.1, -0.05) is 6.42 Å². The zero-order chi connectivity index (χ0) is 10.1. The van der Waals surface area contributed by atoms with E-state index in [1.807, 2.05) is 0 Å². The van der Waals surface area contributed by atoms with Gasteiger partial charge < -0.3 is 5.73 Å². The summed E-state index contributed by atoms with van der Waals surface area (Å²) in [6, 6.07) is 0.355. The molecule has 0 amide bonds. The highest BCUT2D eigenvalue weighted by atomic mass is 14.9. The maximum atomic E-state index is 5.94. The minimum Gasteiger partial charge on any atom is -0.387 e. The first-order valence-electron chi connectivity index (χ1n) is 5.97. The second-order valence-corrected chi connectivity index (χ2v) is 5.35. The van der Waals surface area contributed by atoms with Crippen molar-refractivity contribution in [3.8, 4) is 0 Å². The van der Waals surface area contributed by atoms with Gasteiger partial charge in [0.05, 0.1) is 5.84 Å². The molecule has 2 nitrogen and oxygen atoms in total. The molecule has 0 aromatic heterocycles. The van der Waals surface area contributed by atoms with E-state index in [1.54, 1.807) is 0 Å². The quantitative estimate of drug-likeness (QED) is 0.544. The number of amidine groups is 1. The molecule has 80 valence electrons. The van der Waals surface area contributed by atoms with Gasteiger partial charge in [-0.3, -0.25) is 4.99 Å². The van der Waals surface area contributed by atoms with Gasteiger partial charge in [-0.25, -0.2) is 0 Å². The smallest absolute Gasteiger partial charge is 0.0943 e. The Morgan fingerprint density at radius 1 is 1.36 bits per heavy atom. The second kappa shape index (κ2) is 3.92. The predicted octanol–water partition coefficient (Wildman–Crippen LogP) is 2.58. The van der Waals surface area contributed by atoms with Gasteiger partial charge in [0, 0.05) is 12.5 Å². The highest BCUT2D eigenvalue weighted by Crippen LogP contribution is 2.49.